The fourth-order valence-electron chi connectivity index (χ4n) is 2.58. The van der Waals surface area contributed by atoms with Crippen molar-refractivity contribution in [3.05, 3.63) is 51.8 Å². The molecular weight excluding hydrogens is 270 g/mol. The third-order valence-electron chi connectivity index (χ3n) is 3.39. The van der Waals surface area contributed by atoms with Gasteiger partial charge in [-0.2, -0.15) is 5.10 Å². The van der Waals surface area contributed by atoms with Gasteiger partial charge in [-0.3, -0.25) is 4.68 Å². The van der Waals surface area contributed by atoms with Crippen molar-refractivity contribution >= 4 is 11.6 Å². The molecule has 1 heterocycles. The Morgan fingerprint density at radius 3 is 2.40 bits per heavy atom. The zero-order valence-corrected chi connectivity index (χ0v) is 13.3. The van der Waals surface area contributed by atoms with E-state index in [0.717, 1.165) is 18.7 Å². The highest BCUT2D eigenvalue weighted by molar-refractivity contribution is 6.31. The van der Waals surface area contributed by atoms with Gasteiger partial charge in [0.1, 0.15) is 0 Å². The summed E-state index contributed by atoms with van der Waals surface area (Å²) < 4.78 is 1.85. The normalized spacial score (nSPS) is 12.7. The van der Waals surface area contributed by atoms with Gasteiger partial charge >= 0.3 is 0 Å². The maximum atomic E-state index is 6.32. The molecule has 0 saturated heterocycles. The minimum absolute atomic E-state index is 0.0774. The molecule has 2 rings (SSSR count). The van der Waals surface area contributed by atoms with Crippen molar-refractivity contribution in [3.8, 4) is 0 Å². The van der Waals surface area contributed by atoms with E-state index in [4.69, 9.17) is 11.6 Å². The zero-order chi connectivity index (χ0) is 14.7. The largest absolute Gasteiger partial charge is 0.305 e. The second kappa shape index (κ2) is 6.42. The van der Waals surface area contributed by atoms with Crippen LogP contribution < -0.4 is 5.32 Å². The van der Waals surface area contributed by atoms with Crippen molar-refractivity contribution in [1.29, 1.82) is 0 Å². The van der Waals surface area contributed by atoms with Crippen LogP contribution in [-0.2, 0) is 7.05 Å². The summed E-state index contributed by atoms with van der Waals surface area (Å²) in [5.41, 5.74) is 4.79. The molecule has 1 atom stereocenters. The van der Waals surface area contributed by atoms with E-state index >= 15 is 0 Å². The average Bonchev–Trinajstić information content (AvgIpc) is 2.70. The maximum Gasteiger partial charge on any atom is 0.0837 e. The van der Waals surface area contributed by atoms with Gasteiger partial charge in [0.2, 0.25) is 0 Å². The van der Waals surface area contributed by atoms with E-state index in [1.54, 1.807) is 6.20 Å². The molecular formula is C16H22ClN3. The van der Waals surface area contributed by atoms with Gasteiger partial charge in [0.15, 0.2) is 0 Å². The lowest BCUT2D eigenvalue weighted by molar-refractivity contribution is 0.553. The molecule has 0 aliphatic rings. The molecule has 1 unspecified atom stereocenters. The molecule has 4 heteroatoms. The van der Waals surface area contributed by atoms with E-state index in [0.29, 0.717) is 5.02 Å². The lowest BCUT2D eigenvalue weighted by Crippen LogP contribution is -2.25. The van der Waals surface area contributed by atoms with E-state index < -0.39 is 0 Å². The first-order valence-corrected chi connectivity index (χ1v) is 7.39. The van der Waals surface area contributed by atoms with Gasteiger partial charge in [-0.1, -0.05) is 47.9 Å². The van der Waals surface area contributed by atoms with E-state index in [1.165, 1.54) is 16.7 Å². The summed E-state index contributed by atoms with van der Waals surface area (Å²) in [5, 5.41) is 8.55. The second-order valence-electron chi connectivity index (χ2n) is 5.31. The third kappa shape index (κ3) is 3.22. The number of hydrogen-bond acceptors (Lipinski definition) is 2. The van der Waals surface area contributed by atoms with Crippen molar-refractivity contribution in [3.63, 3.8) is 0 Å². The van der Waals surface area contributed by atoms with Gasteiger partial charge in [-0.25, -0.2) is 0 Å². The predicted molar refractivity (Wildman–Crippen MR) is 84.3 cm³/mol. The molecule has 2 aromatic rings. The number of aromatic nitrogens is 2. The fourth-order valence-corrected chi connectivity index (χ4v) is 2.86. The van der Waals surface area contributed by atoms with Crippen molar-refractivity contribution in [2.24, 2.45) is 7.05 Å². The van der Waals surface area contributed by atoms with Crippen molar-refractivity contribution in [1.82, 2.24) is 15.1 Å². The number of rotatable bonds is 5. The molecule has 3 nitrogen and oxygen atoms in total. The van der Waals surface area contributed by atoms with Crippen LogP contribution in [-0.4, -0.2) is 16.3 Å². The topological polar surface area (TPSA) is 29.9 Å². The van der Waals surface area contributed by atoms with Gasteiger partial charge in [-0.05, 0) is 32.4 Å². The monoisotopic (exact) mass is 291 g/mol. The van der Waals surface area contributed by atoms with E-state index in [-0.39, 0.29) is 6.04 Å². The third-order valence-corrected chi connectivity index (χ3v) is 3.68. The Hall–Kier alpha value is -1.32. The molecule has 0 saturated carbocycles. The Morgan fingerprint density at radius 1 is 1.25 bits per heavy atom. The van der Waals surface area contributed by atoms with Crippen molar-refractivity contribution in [2.75, 3.05) is 6.54 Å². The first-order chi connectivity index (χ1) is 9.52. The Labute approximate surface area is 126 Å². The predicted octanol–water partition coefficient (Wildman–Crippen LogP) is 3.78. The summed E-state index contributed by atoms with van der Waals surface area (Å²) >= 11 is 6.32. The summed E-state index contributed by atoms with van der Waals surface area (Å²) in [6.07, 6.45) is 2.79. The van der Waals surface area contributed by atoms with Gasteiger partial charge in [0.25, 0.3) is 0 Å². The van der Waals surface area contributed by atoms with Gasteiger partial charge in [0.05, 0.1) is 23.0 Å². The molecule has 0 radical (unpaired) electrons. The van der Waals surface area contributed by atoms with E-state index in [9.17, 15) is 0 Å². The summed E-state index contributed by atoms with van der Waals surface area (Å²) in [6, 6.07) is 6.69. The lowest BCUT2D eigenvalue weighted by Gasteiger charge is -2.21. The minimum Gasteiger partial charge on any atom is -0.305 e. The molecule has 1 N–H and O–H groups in total. The summed E-state index contributed by atoms with van der Waals surface area (Å²) in [6.45, 7) is 7.35. The highest BCUT2D eigenvalue weighted by atomic mass is 35.5. The first kappa shape index (κ1) is 15.1. The summed E-state index contributed by atoms with van der Waals surface area (Å²) in [5.74, 6) is 0. The highest BCUT2D eigenvalue weighted by Gasteiger charge is 2.20. The van der Waals surface area contributed by atoms with Crippen LogP contribution in [0.2, 0.25) is 5.02 Å². The summed E-state index contributed by atoms with van der Waals surface area (Å²) in [7, 11) is 1.94. The zero-order valence-electron chi connectivity index (χ0n) is 12.6. The van der Waals surface area contributed by atoms with Crippen LogP contribution in [0.4, 0.5) is 0 Å². The van der Waals surface area contributed by atoms with Gasteiger partial charge in [0, 0.05) is 7.05 Å². The van der Waals surface area contributed by atoms with Crippen LogP contribution in [0.25, 0.3) is 0 Å². The highest BCUT2D eigenvalue weighted by Crippen LogP contribution is 2.29. The van der Waals surface area contributed by atoms with E-state index in [1.807, 2.05) is 11.7 Å². The Balaban J connectivity index is 2.47. The molecule has 0 fully saturated rings. The smallest absolute Gasteiger partial charge is 0.0837 e. The number of hydrogen-bond donors (Lipinski definition) is 1. The molecule has 0 aliphatic heterocycles. The molecule has 0 bridgehead atoms. The van der Waals surface area contributed by atoms with Crippen LogP contribution in [0.3, 0.4) is 0 Å². The lowest BCUT2D eigenvalue weighted by atomic mass is 9.99. The van der Waals surface area contributed by atoms with Crippen molar-refractivity contribution < 1.29 is 0 Å². The Morgan fingerprint density at radius 2 is 1.90 bits per heavy atom. The number of aryl methyl sites for hydroxylation is 3. The van der Waals surface area contributed by atoms with Crippen molar-refractivity contribution in [2.45, 2.75) is 33.2 Å². The van der Waals surface area contributed by atoms with Crippen LogP contribution in [0.5, 0.6) is 0 Å². The standard InChI is InChI=1S/C16H22ClN3/c1-5-6-18-15(16-14(17)10-19-20(16)4)13-8-11(2)7-12(3)9-13/h7-10,15,18H,5-6H2,1-4H3. The number of benzene rings is 1. The fraction of sp³-hybridized carbons (Fsp3) is 0.438. The van der Waals surface area contributed by atoms with Gasteiger partial charge < -0.3 is 5.32 Å². The molecule has 108 valence electrons. The van der Waals surface area contributed by atoms with Crippen LogP contribution in [0.1, 0.15) is 41.8 Å². The minimum atomic E-state index is 0.0774. The molecule has 0 spiro atoms. The number of halogens is 1. The van der Waals surface area contributed by atoms with Gasteiger partial charge in [-0.15, -0.1) is 0 Å². The average molecular weight is 292 g/mol. The quantitative estimate of drug-likeness (QED) is 0.908. The van der Waals surface area contributed by atoms with E-state index in [2.05, 4.69) is 49.4 Å². The Kier molecular flexibility index (Phi) is 4.84. The molecule has 20 heavy (non-hydrogen) atoms. The molecule has 0 aliphatic carbocycles. The molecule has 0 amide bonds. The SMILES string of the molecule is CCCNC(c1cc(C)cc(C)c1)c1c(Cl)cnn1C. The van der Waals surface area contributed by atoms with Crippen LogP contribution >= 0.6 is 11.6 Å². The first-order valence-electron chi connectivity index (χ1n) is 7.02. The Bertz CT molecular complexity index is 550. The maximum absolute atomic E-state index is 6.32. The summed E-state index contributed by atoms with van der Waals surface area (Å²) in [4.78, 5) is 0. The van der Waals surface area contributed by atoms with Crippen LogP contribution in [0.15, 0.2) is 24.4 Å². The number of nitrogens with zero attached hydrogens (tertiary/aromatic N) is 2. The van der Waals surface area contributed by atoms with Crippen LogP contribution in [0, 0.1) is 13.8 Å². The second-order valence-corrected chi connectivity index (χ2v) is 5.72. The number of nitrogens with one attached hydrogen (secondary N) is 1. The molecule has 1 aromatic heterocycles. The molecule has 1 aromatic carbocycles.